The summed E-state index contributed by atoms with van der Waals surface area (Å²) in [4.78, 5) is 14.3. The fourth-order valence-electron chi connectivity index (χ4n) is 6.27. The van der Waals surface area contributed by atoms with E-state index in [1.54, 1.807) is 12.4 Å². The minimum absolute atomic E-state index is 0.387. The van der Waals surface area contributed by atoms with Crippen LogP contribution in [0.5, 0.6) is 5.75 Å². The van der Waals surface area contributed by atoms with Gasteiger partial charge in [0.25, 0.3) is 0 Å². The predicted octanol–water partition coefficient (Wildman–Crippen LogP) is 13.9. The first-order chi connectivity index (χ1) is 26.6. The molecule has 4 nitrogen and oxygen atoms in total. The Morgan fingerprint density at radius 1 is 0.727 bits per heavy atom. The van der Waals surface area contributed by atoms with E-state index >= 15 is 0 Å². The standard InChI is InChI=1S/C51H51N3O/c1-8-39(28-38(7)41-14-12-37(6)13-15-41)42-20-24-47(25-21-42)52-32-49-30-51(55-34-35(2)3)31-50(54-49)33-53-48-26-22-44(23-27-48)46-11-9-10-45(29-46)43-18-16-40(17-19-43)36(4)5/h8-12,14,16-33,35-36H,1,7,13,15,34H2,2-6H3/b39-28+,52-32?,53-33?. The van der Waals surface area contributed by atoms with Crippen molar-refractivity contribution < 1.29 is 4.74 Å². The molecule has 5 aromatic rings. The topological polar surface area (TPSA) is 46.8 Å². The van der Waals surface area contributed by atoms with Gasteiger partial charge in [0.2, 0.25) is 0 Å². The van der Waals surface area contributed by atoms with Crippen molar-refractivity contribution in [3.63, 3.8) is 0 Å². The molecular formula is C51H51N3O. The summed E-state index contributed by atoms with van der Waals surface area (Å²) in [6.45, 7) is 19.9. The molecule has 0 unspecified atom stereocenters. The van der Waals surface area contributed by atoms with E-state index in [-0.39, 0.29) is 0 Å². The number of pyridine rings is 1. The molecule has 0 amide bonds. The van der Waals surface area contributed by atoms with Gasteiger partial charge in [-0.25, -0.2) is 4.98 Å². The molecule has 4 heteroatoms. The number of ether oxygens (including phenoxy) is 1. The zero-order chi connectivity index (χ0) is 38.7. The van der Waals surface area contributed by atoms with Crippen LogP contribution < -0.4 is 4.74 Å². The number of aromatic nitrogens is 1. The summed E-state index contributed by atoms with van der Waals surface area (Å²) >= 11 is 0. The third-order valence-corrected chi connectivity index (χ3v) is 9.61. The Labute approximate surface area is 327 Å². The highest BCUT2D eigenvalue weighted by Gasteiger charge is 2.09. The number of hydrogen-bond donors (Lipinski definition) is 0. The van der Waals surface area contributed by atoms with E-state index in [4.69, 9.17) is 19.7 Å². The predicted molar refractivity (Wildman–Crippen MR) is 235 cm³/mol. The molecule has 1 aromatic heterocycles. The number of nitrogens with zero attached hydrogens (tertiary/aromatic N) is 3. The maximum absolute atomic E-state index is 6.12. The minimum atomic E-state index is 0.387. The Balaban J connectivity index is 1.16. The van der Waals surface area contributed by atoms with Gasteiger partial charge in [0.1, 0.15) is 5.75 Å². The monoisotopic (exact) mass is 721 g/mol. The Morgan fingerprint density at radius 3 is 1.84 bits per heavy atom. The van der Waals surface area contributed by atoms with E-state index in [0.29, 0.717) is 29.8 Å². The highest BCUT2D eigenvalue weighted by Crippen LogP contribution is 2.30. The van der Waals surface area contributed by atoms with Gasteiger partial charge < -0.3 is 4.74 Å². The number of rotatable bonds is 14. The Kier molecular flexibility index (Phi) is 12.8. The molecule has 4 aromatic carbocycles. The molecule has 0 radical (unpaired) electrons. The molecule has 276 valence electrons. The van der Waals surface area contributed by atoms with E-state index in [1.807, 2.05) is 42.5 Å². The van der Waals surface area contributed by atoms with Crippen molar-refractivity contribution in [1.29, 1.82) is 0 Å². The second kappa shape index (κ2) is 18.3. The minimum Gasteiger partial charge on any atom is -0.493 e. The average Bonchev–Trinajstić information content (AvgIpc) is 3.21. The van der Waals surface area contributed by atoms with Crippen LogP contribution in [-0.2, 0) is 0 Å². The molecule has 0 saturated heterocycles. The first-order valence-electron chi connectivity index (χ1n) is 19.2. The highest BCUT2D eigenvalue weighted by molar-refractivity contribution is 5.86. The van der Waals surface area contributed by atoms with Crippen LogP contribution in [0.15, 0.2) is 173 Å². The van der Waals surface area contributed by atoms with Crippen LogP contribution >= 0.6 is 0 Å². The summed E-state index contributed by atoms with van der Waals surface area (Å²) in [6, 6.07) is 37.8. The molecular weight excluding hydrogens is 671 g/mol. The van der Waals surface area contributed by atoms with Gasteiger partial charge in [0.15, 0.2) is 0 Å². The summed E-state index contributed by atoms with van der Waals surface area (Å²) in [5.74, 6) is 1.64. The second-order valence-electron chi connectivity index (χ2n) is 14.9. The lowest BCUT2D eigenvalue weighted by Gasteiger charge is -2.13. The lowest BCUT2D eigenvalue weighted by atomic mass is 9.92. The summed E-state index contributed by atoms with van der Waals surface area (Å²) in [5, 5.41) is 0. The number of allylic oxidation sites excluding steroid dienone is 8. The molecule has 0 fully saturated rings. The van der Waals surface area contributed by atoms with E-state index in [9.17, 15) is 0 Å². The Morgan fingerprint density at radius 2 is 1.31 bits per heavy atom. The van der Waals surface area contributed by atoms with Gasteiger partial charge in [-0.2, -0.15) is 0 Å². The van der Waals surface area contributed by atoms with Crippen LogP contribution in [0, 0.1) is 5.92 Å². The number of benzene rings is 4. The largest absolute Gasteiger partial charge is 0.493 e. The summed E-state index contributed by atoms with van der Waals surface area (Å²) in [5.41, 5.74) is 14.9. The van der Waals surface area contributed by atoms with Gasteiger partial charge in [0.05, 0.1) is 41.8 Å². The smallest absolute Gasteiger partial charge is 0.123 e. The third-order valence-electron chi connectivity index (χ3n) is 9.61. The van der Waals surface area contributed by atoms with Gasteiger partial charge >= 0.3 is 0 Å². The molecule has 0 N–H and O–H groups in total. The van der Waals surface area contributed by atoms with Crippen molar-refractivity contribution in [2.45, 2.75) is 53.4 Å². The molecule has 0 aliphatic heterocycles. The van der Waals surface area contributed by atoms with E-state index in [2.05, 4.69) is 139 Å². The molecule has 0 spiro atoms. The van der Waals surface area contributed by atoms with Crippen molar-refractivity contribution in [2.75, 3.05) is 6.61 Å². The quantitative estimate of drug-likeness (QED) is 0.0846. The summed E-state index contributed by atoms with van der Waals surface area (Å²) in [6.07, 6.45) is 14.0. The van der Waals surface area contributed by atoms with Gasteiger partial charge in [-0.3, -0.25) is 9.98 Å². The number of aliphatic imine (C=N–C) groups is 2. The molecule has 55 heavy (non-hydrogen) atoms. The van der Waals surface area contributed by atoms with Crippen molar-refractivity contribution in [1.82, 2.24) is 4.98 Å². The summed E-state index contributed by atoms with van der Waals surface area (Å²) in [7, 11) is 0. The van der Waals surface area contributed by atoms with E-state index < -0.39 is 0 Å². The Bertz CT molecular complexity index is 2280. The normalized spacial score (nSPS) is 13.4. The van der Waals surface area contributed by atoms with Crippen LogP contribution in [0.3, 0.4) is 0 Å². The van der Waals surface area contributed by atoms with Crippen molar-refractivity contribution >= 4 is 29.4 Å². The average molecular weight is 722 g/mol. The zero-order valence-electron chi connectivity index (χ0n) is 32.8. The SMILES string of the molecule is C=C/C(=C\C(=C)C1=CC=C(C)CC1)c1ccc(N=Cc2cc(OCC(C)C)cc(C=Nc3ccc(-c4cccc(-c5ccc(C(C)C)cc5)c4)cc3)n2)cc1. The van der Waals surface area contributed by atoms with Crippen LogP contribution in [0.4, 0.5) is 11.4 Å². The van der Waals surface area contributed by atoms with E-state index in [1.165, 1.54) is 33.4 Å². The van der Waals surface area contributed by atoms with Crippen LogP contribution in [0.1, 0.15) is 75.9 Å². The lowest BCUT2D eigenvalue weighted by Crippen LogP contribution is -2.06. The highest BCUT2D eigenvalue weighted by atomic mass is 16.5. The van der Waals surface area contributed by atoms with Crippen LogP contribution in [0.2, 0.25) is 0 Å². The van der Waals surface area contributed by atoms with Crippen molar-refractivity contribution in [3.8, 4) is 28.0 Å². The molecule has 0 atom stereocenters. The molecule has 0 bridgehead atoms. The molecule has 0 saturated carbocycles. The van der Waals surface area contributed by atoms with Crippen LogP contribution in [0.25, 0.3) is 27.8 Å². The molecule has 6 rings (SSSR count). The number of hydrogen-bond acceptors (Lipinski definition) is 4. The fraction of sp³-hybridized carbons (Fsp3) is 0.196. The van der Waals surface area contributed by atoms with Crippen molar-refractivity contribution in [2.24, 2.45) is 15.9 Å². The molecule has 1 heterocycles. The van der Waals surface area contributed by atoms with Gasteiger partial charge in [-0.05, 0) is 118 Å². The van der Waals surface area contributed by atoms with Gasteiger partial charge in [-0.1, -0.05) is 131 Å². The van der Waals surface area contributed by atoms with Crippen LogP contribution in [-0.4, -0.2) is 24.0 Å². The maximum Gasteiger partial charge on any atom is 0.123 e. The first kappa shape index (κ1) is 38.6. The third kappa shape index (κ3) is 10.7. The zero-order valence-corrected chi connectivity index (χ0v) is 32.8. The van der Waals surface area contributed by atoms with Gasteiger partial charge in [-0.15, -0.1) is 0 Å². The second-order valence-corrected chi connectivity index (χ2v) is 14.9. The van der Waals surface area contributed by atoms with Gasteiger partial charge in [0, 0.05) is 12.1 Å². The summed E-state index contributed by atoms with van der Waals surface area (Å²) < 4.78 is 6.12. The molecule has 1 aliphatic carbocycles. The van der Waals surface area contributed by atoms with E-state index in [0.717, 1.165) is 52.2 Å². The fourth-order valence-corrected chi connectivity index (χ4v) is 6.27. The lowest BCUT2D eigenvalue weighted by molar-refractivity contribution is 0.270. The first-order valence-corrected chi connectivity index (χ1v) is 19.2. The Hall–Kier alpha value is -6.13. The molecule has 1 aliphatic rings. The maximum atomic E-state index is 6.12. The van der Waals surface area contributed by atoms with Crippen molar-refractivity contribution in [3.05, 3.63) is 186 Å².